The first-order chi connectivity index (χ1) is 12.6. The molecule has 1 aromatic heterocycles. The van der Waals surface area contributed by atoms with Crippen LogP contribution in [0.2, 0.25) is 0 Å². The fourth-order valence-electron chi connectivity index (χ4n) is 2.67. The number of hydrogen-bond acceptors (Lipinski definition) is 4. The highest BCUT2D eigenvalue weighted by molar-refractivity contribution is 7.89. The Hall–Kier alpha value is -2.28. The molecule has 2 N–H and O–H groups in total. The summed E-state index contributed by atoms with van der Waals surface area (Å²) in [5, 5.41) is 3.48. The van der Waals surface area contributed by atoms with E-state index in [1.165, 1.54) is 5.56 Å². The Morgan fingerprint density at radius 1 is 1.15 bits per heavy atom. The third-order valence-electron chi connectivity index (χ3n) is 4.19. The molecule has 26 heavy (non-hydrogen) atoms. The summed E-state index contributed by atoms with van der Waals surface area (Å²) >= 11 is -1.24. The summed E-state index contributed by atoms with van der Waals surface area (Å²) in [6, 6.07) is 16.4. The van der Waals surface area contributed by atoms with E-state index < -0.39 is 11.4 Å². The lowest BCUT2D eigenvalue weighted by Crippen LogP contribution is -2.18. The Labute approximate surface area is 157 Å². The van der Waals surface area contributed by atoms with Crippen molar-refractivity contribution >= 4 is 17.0 Å². The van der Waals surface area contributed by atoms with Gasteiger partial charge in [0.15, 0.2) is 4.90 Å². The van der Waals surface area contributed by atoms with E-state index in [1.54, 1.807) is 7.05 Å². The number of nitrogens with zero attached hydrogens (tertiary/aromatic N) is 2. The maximum absolute atomic E-state index is 12.2. The molecule has 0 radical (unpaired) electrons. The molecule has 0 bridgehead atoms. The molecule has 0 saturated carbocycles. The number of nitrogens with one attached hydrogen (secondary N) is 2. The SMILES string of the molecule is CN[S+]([O-])c1ccc(NCc2ccccc2)c(-c2cn(C(C)C)cn2)c1. The highest BCUT2D eigenvalue weighted by atomic mass is 32.2. The van der Waals surface area contributed by atoms with Gasteiger partial charge >= 0.3 is 0 Å². The van der Waals surface area contributed by atoms with Crippen molar-refractivity contribution in [2.24, 2.45) is 0 Å². The molecule has 1 heterocycles. The lowest BCUT2D eigenvalue weighted by molar-refractivity contribution is 0.587. The summed E-state index contributed by atoms with van der Waals surface area (Å²) < 4.78 is 17.0. The van der Waals surface area contributed by atoms with Crippen LogP contribution in [-0.4, -0.2) is 21.2 Å². The molecular formula is C20H24N4OS. The fourth-order valence-corrected chi connectivity index (χ4v) is 3.33. The van der Waals surface area contributed by atoms with Gasteiger partial charge in [-0.05, 0) is 31.5 Å². The summed E-state index contributed by atoms with van der Waals surface area (Å²) in [4.78, 5) is 5.28. The predicted molar refractivity (Wildman–Crippen MR) is 107 cm³/mol. The minimum absolute atomic E-state index is 0.339. The van der Waals surface area contributed by atoms with Crippen LogP contribution in [0.5, 0.6) is 0 Å². The van der Waals surface area contributed by atoms with Crippen LogP contribution >= 0.6 is 0 Å². The number of rotatable bonds is 7. The number of imidazole rings is 1. The summed E-state index contributed by atoms with van der Waals surface area (Å²) in [6.45, 7) is 4.95. The first kappa shape index (κ1) is 18.5. The zero-order valence-electron chi connectivity index (χ0n) is 15.3. The minimum Gasteiger partial charge on any atom is -0.593 e. The van der Waals surface area contributed by atoms with E-state index in [2.05, 4.69) is 45.6 Å². The van der Waals surface area contributed by atoms with Gasteiger partial charge in [0.2, 0.25) is 0 Å². The van der Waals surface area contributed by atoms with Crippen molar-refractivity contribution in [2.75, 3.05) is 12.4 Å². The number of aromatic nitrogens is 2. The van der Waals surface area contributed by atoms with Crippen molar-refractivity contribution in [3.05, 3.63) is 66.6 Å². The third kappa shape index (κ3) is 4.27. The quantitative estimate of drug-likeness (QED) is 0.619. The van der Waals surface area contributed by atoms with Crippen LogP contribution in [0, 0.1) is 0 Å². The van der Waals surface area contributed by atoms with Gasteiger partial charge in [0.05, 0.1) is 23.4 Å². The molecule has 0 aliphatic carbocycles. The normalized spacial score (nSPS) is 12.3. The van der Waals surface area contributed by atoms with Gasteiger partial charge in [0.25, 0.3) is 0 Å². The summed E-state index contributed by atoms with van der Waals surface area (Å²) in [5.74, 6) is 0. The number of hydrogen-bond donors (Lipinski definition) is 2. The van der Waals surface area contributed by atoms with Crippen molar-refractivity contribution < 1.29 is 4.55 Å². The third-order valence-corrected chi connectivity index (χ3v) is 5.24. The van der Waals surface area contributed by atoms with E-state index in [4.69, 9.17) is 0 Å². The molecule has 3 aromatic rings. The molecule has 6 heteroatoms. The fraction of sp³-hybridized carbons (Fsp3) is 0.250. The summed E-state index contributed by atoms with van der Waals surface area (Å²) in [7, 11) is 1.69. The van der Waals surface area contributed by atoms with Gasteiger partial charge < -0.3 is 14.4 Å². The van der Waals surface area contributed by atoms with E-state index in [1.807, 2.05) is 48.9 Å². The molecule has 136 valence electrons. The van der Waals surface area contributed by atoms with E-state index in [0.29, 0.717) is 12.6 Å². The summed E-state index contributed by atoms with van der Waals surface area (Å²) in [5.41, 5.74) is 3.99. The van der Waals surface area contributed by atoms with Crippen LogP contribution in [0.25, 0.3) is 11.3 Å². The molecule has 5 nitrogen and oxygen atoms in total. The van der Waals surface area contributed by atoms with Crippen molar-refractivity contribution in [3.63, 3.8) is 0 Å². The van der Waals surface area contributed by atoms with Gasteiger partial charge in [-0.15, -0.1) is 4.72 Å². The van der Waals surface area contributed by atoms with Crippen LogP contribution in [0.3, 0.4) is 0 Å². The molecule has 0 aliphatic heterocycles. The van der Waals surface area contributed by atoms with Gasteiger partial charge in [-0.2, -0.15) is 0 Å². The minimum atomic E-state index is -1.24. The zero-order chi connectivity index (χ0) is 18.5. The van der Waals surface area contributed by atoms with Crippen LogP contribution in [-0.2, 0) is 17.9 Å². The second-order valence-electron chi connectivity index (χ2n) is 6.32. The predicted octanol–water partition coefficient (Wildman–Crippen LogP) is 3.99. The average molecular weight is 369 g/mol. The van der Waals surface area contributed by atoms with E-state index in [9.17, 15) is 4.55 Å². The van der Waals surface area contributed by atoms with Crippen LogP contribution in [0.15, 0.2) is 66.0 Å². The Kier molecular flexibility index (Phi) is 5.98. The zero-order valence-corrected chi connectivity index (χ0v) is 16.1. The lowest BCUT2D eigenvalue weighted by Gasteiger charge is -2.14. The standard InChI is InChI=1S/C20H24N4OS/c1-15(2)24-13-20(23-14-24)18-11-17(26(25)21-3)9-10-19(18)22-12-16-7-5-4-6-8-16/h4-11,13-15,21-22H,12H2,1-3H3. The Balaban J connectivity index is 1.94. The topological polar surface area (TPSA) is 64.9 Å². The highest BCUT2D eigenvalue weighted by Crippen LogP contribution is 2.30. The maximum Gasteiger partial charge on any atom is 0.174 e. The molecule has 2 aromatic carbocycles. The number of anilines is 1. The van der Waals surface area contributed by atoms with Crippen LogP contribution < -0.4 is 10.0 Å². The summed E-state index contributed by atoms with van der Waals surface area (Å²) in [6.07, 6.45) is 3.86. The molecule has 0 saturated heterocycles. The van der Waals surface area contributed by atoms with E-state index in [0.717, 1.165) is 21.8 Å². The van der Waals surface area contributed by atoms with Gasteiger partial charge in [-0.3, -0.25) is 0 Å². The van der Waals surface area contributed by atoms with Gasteiger partial charge in [0.1, 0.15) is 0 Å². The Bertz CT molecular complexity index is 848. The molecule has 0 fully saturated rings. The molecule has 1 unspecified atom stereocenters. The van der Waals surface area contributed by atoms with Gasteiger partial charge in [-0.25, -0.2) is 4.98 Å². The van der Waals surface area contributed by atoms with Crippen molar-refractivity contribution in [1.29, 1.82) is 0 Å². The first-order valence-electron chi connectivity index (χ1n) is 8.63. The number of benzene rings is 2. The molecular weight excluding hydrogens is 344 g/mol. The first-order valence-corrected chi connectivity index (χ1v) is 9.78. The van der Waals surface area contributed by atoms with Crippen LogP contribution in [0.4, 0.5) is 5.69 Å². The van der Waals surface area contributed by atoms with Crippen LogP contribution in [0.1, 0.15) is 25.5 Å². The van der Waals surface area contributed by atoms with Gasteiger partial charge in [-0.1, -0.05) is 30.3 Å². The molecule has 0 spiro atoms. The molecule has 3 rings (SSSR count). The van der Waals surface area contributed by atoms with E-state index >= 15 is 0 Å². The van der Waals surface area contributed by atoms with Crippen molar-refractivity contribution in [2.45, 2.75) is 31.3 Å². The smallest absolute Gasteiger partial charge is 0.174 e. The average Bonchev–Trinajstić information content (AvgIpc) is 3.17. The Morgan fingerprint density at radius 2 is 1.92 bits per heavy atom. The molecule has 0 aliphatic rings. The second-order valence-corrected chi connectivity index (χ2v) is 7.74. The largest absolute Gasteiger partial charge is 0.593 e. The monoisotopic (exact) mass is 368 g/mol. The highest BCUT2D eigenvalue weighted by Gasteiger charge is 2.16. The molecule has 1 atom stereocenters. The lowest BCUT2D eigenvalue weighted by atomic mass is 10.1. The van der Waals surface area contributed by atoms with Gasteiger partial charge in [0, 0.05) is 43.1 Å². The second kappa shape index (κ2) is 8.40. The van der Waals surface area contributed by atoms with Crippen molar-refractivity contribution in [1.82, 2.24) is 14.3 Å². The Morgan fingerprint density at radius 3 is 2.58 bits per heavy atom. The molecule has 0 amide bonds. The van der Waals surface area contributed by atoms with Crippen molar-refractivity contribution in [3.8, 4) is 11.3 Å². The maximum atomic E-state index is 12.2. The van der Waals surface area contributed by atoms with E-state index in [-0.39, 0.29) is 0 Å².